The van der Waals surface area contributed by atoms with Crippen molar-refractivity contribution < 1.29 is 23.9 Å². The highest BCUT2D eigenvalue weighted by Crippen LogP contribution is 2.30. The summed E-state index contributed by atoms with van der Waals surface area (Å²) in [4.78, 5) is 12.1. The predicted molar refractivity (Wildman–Crippen MR) is 90.7 cm³/mol. The molecule has 0 fully saturated rings. The van der Waals surface area contributed by atoms with E-state index in [0.29, 0.717) is 16.5 Å². The van der Waals surface area contributed by atoms with E-state index in [2.05, 4.69) is 5.16 Å². The highest BCUT2D eigenvalue weighted by atomic mass is 35.5. The van der Waals surface area contributed by atoms with E-state index >= 15 is 0 Å². The van der Waals surface area contributed by atoms with Crippen LogP contribution in [-0.2, 0) is 11.3 Å². The minimum atomic E-state index is -0.694. The first-order valence-corrected chi connectivity index (χ1v) is 7.71. The molecule has 0 aliphatic carbocycles. The summed E-state index contributed by atoms with van der Waals surface area (Å²) in [5.74, 6) is -0.393. The maximum absolute atomic E-state index is 12.1. The molecule has 6 nitrogen and oxygen atoms in total. The highest BCUT2D eigenvalue weighted by Gasteiger charge is 2.17. The number of carbonyl (C=O) groups excluding carboxylic acids is 1. The lowest BCUT2D eigenvalue weighted by Gasteiger charge is -2.07. The van der Waals surface area contributed by atoms with Gasteiger partial charge in [-0.1, -0.05) is 35.0 Å². The van der Waals surface area contributed by atoms with Crippen LogP contribution in [0.1, 0.15) is 16.1 Å². The molecular weight excluding hydrogens is 346 g/mol. The van der Waals surface area contributed by atoms with Gasteiger partial charge in [0.2, 0.25) is 0 Å². The van der Waals surface area contributed by atoms with Crippen LogP contribution in [0.4, 0.5) is 0 Å². The Balaban J connectivity index is 1.68. The Morgan fingerprint density at radius 3 is 2.72 bits per heavy atom. The Bertz CT molecular complexity index is 889. The summed E-state index contributed by atoms with van der Waals surface area (Å²) >= 11 is 5.85. The largest absolute Gasteiger partial charge is 0.504 e. The maximum atomic E-state index is 12.1. The molecule has 1 aromatic heterocycles. The number of phenolic OH excluding ortho intramolecular Hbond substituents is 1. The lowest BCUT2D eigenvalue weighted by atomic mass is 10.1. The number of carbonyl (C=O) groups is 1. The predicted octanol–water partition coefficient (Wildman–Crippen LogP) is 4.07. The number of methoxy groups -OCH3 is 1. The van der Waals surface area contributed by atoms with E-state index in [0.717, 1.165) is 5.56 Å². The monoisotopic (exact) mass is 359 g/mol. The molecule has 0 spiro atoms. The number of rotatable bonds is 5. The Labute approximate surface area is 148 Å². The maximum Gasteiger partial charge on any atom is 0.342 e. The normalized spacial score (nSPS) is 10.5. The van der Waals surface area contributed by atoms with Crippen molar-refractivity contribution >= 4 is 17.6 Å². The molecule has 0 atom stereocenters. The number of ether oxygens (including phenoxy) is 2. The second-order valence-electron chi connectivity index (χ2n) is 5.12. The second-order valence-corrected chi connectivity index (χ2v) is 5.55. The van der Waals surface area contributed by atoms with Crippen molar-refractivity contribution in [2.24, 2.45) is 0 Å². The van der Waals surface area contributed by atoms with Crippen LogP contribution in [0.5, 0.6) is 11.5 Å². The van der Waals surface area contributed by atoms with Crippen LogP contribution in [0.2, 0.25) is 5.02 Å². The molecule has 1 heterocycles. The van der Waals surface area contributed by atoms with Gasteiger partial charge in [-0.3, -0.25) is 0 Å². The number of hydrogen-bond donors (Lipinski definition) is 1. The van der Waals surface area contributed by atoms with Crippen molar-refractivity contribution in [3.8, 4) is 22.8 Å². The fourth-order valence-electron chi connectivity index (χ4n) is 2.20. The molecule has 25 heavy (non-hydrogen) atoms. The van der Waals surface area contributed by atoms with Gasteiger partial charge in [-0.25, -0.2) is 4.79 Å². The summed E-state index contributed by atoms with van der Waals surface area (Å²) in [6.45, 7) is -0.115. The molecule has 0 saturated carbocycles. The van der Waals surface area contributed by atoms with E-state index < -0.39 is 5.97 Å². The Morgan fingerprint density at radius 2 is 2.00 bits per heavy atom. The quantitative estimate of drug-likeness (QED) is 0.691. The highest BCUT2D eigenvalue weighted by molar-refractivity contribution is 6.30. The van der Waals surface area contributed by atoms with Gasteiger partial charge in [0.05, 0.1) is 7.11 Å². The SMILES string of the molecule is COc1cccc(C(=O)OCc2cc(-c3ccc(Cl)cc3)no2)c1O. The summed E-state index contributed by atoms with van der Waals surface area (Å²) in [5.41, 5.74) is 1.44. The molecule has 0 bridgehead atoms. The number of phenols is 1. The molecular formula is C18H14ClNO5. The fourth-order valence-corrected chi connectivity index (χ4v) is 2.33. The molecule has 0 aliphatic heterocycles. The third-order valence-corrected chi connectivity index (χ3v) is 3.74. The average molecular weight is 360 g/mol. The number of aromatic nitrogens is 1. The lowest BCUT2D eigenvalue weighted by Crippen LogP contribution is -2.05. The van der Waals surface area contributed by atoms with Gasteiger partial charge < -0.3 is 19.1 Å². The van der Waals surface area contributed by atoms with E-state index in [1.54, 1.807) is 30.3 Å². The second kappa shape index (κ2) is 7.27. The third kappa shape index (κ3) is 3.75. The summed E-state index contributed by atoms with van der Waals surface area (Å²) < 4.78 is 15.3. The van der Waals surface area contributed by atoms with Gasteiger partial charge >= 0.3 is 5.97 Å². The smallest absolute Gasteiger partial charge is 0.342 e. The van der Waals surface area contributed by atoms with Crippen molar-refractivity contribution in [2.75, 3.05) is 7.11 Å². The summed E-state index contributed by atoms with van der Waals surface area (Å²) in [7, 11) is 1.40. The zero-order valence-corrected chi connectivity index (χ0v) is 14.0. The zero-order chi connectivity index (χ0) is 17.8. The molecule has 0 radical (unpaired) electrons. The van der Waals surface area contributed by atoms with E-state index in [-0.39, 0.29) is 23.7 Å². The summed E-state index contributed by atoms with van der Waals surface area (Å²) in [6, 6.07) is 13.4. The van der Waals surface area contributed by atoms with Crippen LogP contribution in [0.25, 0.3) is 11.3 Å². The van der Waals surface area contributed by atoms with Gasteiger partial charge in [-0.05, 0) is 24.3 Å². The van der Waals surface area contributed by atoms with Gasteiger partial charge in [0.15, 0.2) is 23.9 Å². The number of esters is 1. The zero-order valence-electron chi connectivity index (χ0n) is 13.2. The third-order valence-electron chi connectivity index (χ3n) is 3.48. The van der Waals surface area contributed by atoms with Crippen LogP contribution in [0.15, 0.2) is 53.1 Å². The van der Waals surface area contributed by atoms with Crippen molar-refractivity contribution in [3.63, 3.8) is 0 Å². The van der Waals surface area contributed by atoms with Crippen molar-refractivity contribution in [3.05, 3.63) is 64.9 Å². The first-order chi connectivity index (χ1) is 12.1. The minimum absolute atomic E-state index is 0.0109. The van der Waals surface area contributed by atoms with Gasteiger partial charge in [-0.15, -0.1) is 0 Å². The molecule has 0 saturated heterocycles. The summed E-state index contributed by atoms with van der Waals surface area (Å²) in [5, 5.41) is 14.5. The van der Waals surface area contributed by atoms with Crippen LogP contribution >= 0.6 is 11.6 Å². The molecule has 7 heteroatoms. The molecule has 0 amide bonds. The van der Waals surface area contributed by atoms with E-state index in [1.807, 2.05) is 12.1 Å². The van der Waals surface area contributed by atoms with Crippen molar-refractivity contribution in [1.82, 2.24) is 5.16 Å². The molecule has 2 aromatic carbocycles. The number of para-hydroxylation sites is 1. The number of halogens is 1. The molecule has 3 aromatic rings. The fraction of sp³-hybridized carbons (Fsp3) is 0.111. The molecule has 0 unspecified atom stereocenters. The van der Waals surface area contributed by atoms with E-state index in [9.17, 15) is 9.90 Å². The van der Waals surface area contributed by atoms with Crippen molar-refractivity contribution in [1.29, 1.82) is 0 Å². The van der Waals surface area contributed by atoms with Crippen LogP contribution in [0, 0.1) is 0 Å². The van der Waals surface area contributed by atoms with Crippen molar-refractivity contribution in [2.45, 2.75) is 6.61 Å². The molecule has 1 N–H and O–H groups in total. The standard InChI is InChI=1S/C18H14ClNO5/c1-23-16-4-2-3-14(17(16)21)18(22)24-10-13-9-15(20-25-13)11-5-7-12(19)8-6-11/h2-9,21H,10H2,1H3. The first kappa shape index (κ1) is 16.9. The van der Waals surface area contributed by atoms with Gasteiger partial charge in [0.25, 0.3) is 0 Å². The minimum Gasteiger partial charge on any atom is -0.504 e. The van der Waals surface area contributed by atoms with E-state index in [4.69, 9.17) is 25.6 Å². The number of nitrogens with zero attached hydrogens (tertiary/aromatic N) is 1. The lowest BCUT2D eigenvalue weighted by molar-refractivity contribution is 0.0433. The van der Waals surface area contributed by atoms with Crippen LogP contribution < -0.4 is 4.74 Å². The van der Waals surface area contributed by atoms with Crippen LogP contribution in [-0.4, -0.2) is 23.3 Å². The topological polar surface area (TPSA) is 81.8 Å². The van der Waals surface area contributed by atoms with Gasteiger partial charge in [0.1, 0.15) is 11.3 Å². The molecule has 3 rings (SSSR count). The number of hydrogen-bond acceptors (Lipinski definition) is 6. The van der Waals surface area contributed by atoms with Gasteiger partial charge in [0, 0.05) is 16.7 Å². The molecule has 0 aliphatic rings. The molecule has 128 valence electrons. The Morgan fingerprint density at radius 1 is 1.24 bits per heavy atom. The Hall–Kier alpha value is -2.99. The summed E-state index contributed by atoms with van der Waals surface area (Å²) in [6.07, 6.45) is 0. The average Bonchev–Trinajstić information content (AvgIpc) is 3.09. The first-order valence-electron chi connectivity index (χ1n) is 7.33. The van der Waals surface area contributed by atoms with E-state index in [1.165, 1.54) is 13.2 Å². The Kier molecular flexibility index (Phi) is 4.90. The van der Waals surface area contributed by atoms with Gasteiger partial charge in [-0.2, -0.15) is 0 Å². The number of benzene rings is 2. The van der Waals surface area contributed by atoms with Crippen LogP contribution in [0.3, 0.4) is 0 Å². The number of aromatic hydroxyl groups is 1.